The normalized spacial score (nSPS) is 14.8. The van der Waals surface area contributed by atoms with E-state index in [0.29, 0.717) is 22.9 Å². The zero-order valence-electron chi connectivity index (χ0n) is 19.8. The Morgan fingerprint density at radius 3 is 2.55 bits per heavy atom. The summed E-state index contributed by atoms with van der Waals surface area (Å²) in [5.74, 6) is 0.229. The highest BCUT2D eigenvalue weighted by molar-refractivity contribution is 6.32. The summed E-state index contributed by atoms with van der Waals surface area (Å²) in [4.78, 5) is 15.1. The number of benzene rings is 2. The van der Waals surface area contributed by atoms with Crippen molar-refractivity contribution in [2.24, 2.45) is 0 Å². The molecule has 0 fully saturated rings. The standard InChI is InChI=1S/C27H30ClN3O2/c1-6-12-31-25-15-24(28)19(14-23(25)18(3)16-27(31,4)5)13-20(17-29)26(32)30-21-8-10-22(11-9-21)33-7-2/h8-11,13-16H,6-7,12H2,1-5H3,(H,30,32)/b20-13+. The summed E-state index contributed by atoms with van der Waals surface area (Å²) in [6.07, 6.45) is 4.80. The Bertz CT molecular complexity index is 1140. The summed E-state index contributed by atoms with van der Waals surface area (Å²) in [6, 6.07) is 12.9. The van der Waals surface area contributed by atoms with Crippen molar-refractivity contribution in [2.45, 2.75) is 46.6 Å². The number of anilines is 2. The Hall–Kier alpha value is -3.23. The number of nitrogens with one attached hydrogen (secondary N) is 1. The van der Waals surface area contributed by atoms with Gasteiger partial charge in [0, 0.05) is 28.5 Å². The van der Waals surface area contributed by atoms with Gasteiger partial charge in [-0.15, -0.1) is 0 Å². The molecule has 0 radical (unpaired) electrons. The summed E-state index contributed by atoms with van der Waals surface area (Å²) >= 11 is 6.63. The van der Waals surface area contributed by atoms with Crippen LogP contribution < -0.4 is 15.0 Å². The number of amides is 1. The summed E-state index contributed by atoms with van der Waals surface area (Å²) in [5, 5.41) is 12.9. The van der Waals surface area contributed by atoms with Gasteiger partial charge in [0.05, 0.1) is 12.1 Å². The fraction of sp³-hybridized carbons (Fsp3) is 0.333. The monoisotopic (exact) mass is 463 g/mol. The summed E-state index contributed by atoms with van der Waals surface area (Å²) in [5.41, 5.74) is 4.35. The topological polar surface area (TPSA) is 65.4 Å². The fourth-order valence-corrected chi connectivity index (χ4v) is 4.37. The van der Waals surface area contributed by atoms with Gasteiger partial charge in [0.1, 0.15) is 17.4 Å². The number of hydrogen-bond acceptors (Lipinski definition) is 4. The van der Waals surface area contributed by atoms with Gasteiger partial charge in [-0.25, -0.2) is 0 Å². The molecular weight excluding hydrogens is 434 g/mol. The highest BCUT2D eigenvalue weighted by Gasteiger charge is 2.31. The highest BCUT2D eigenvalue weighted by Crippen LogP contribution is 2.41. The van der Waals surface area contributed by atoms with Crippen molar-refractivity contribution in [1.82, 2.24) is 0 Å². The van der Waals surface area contributed by atoms with E-state index >= 15 is 0 Å². The van der Waals surface area contributed by atoms with Gasteiger partial charge in [0.2, 0.25) is 0 Å². The molecule has 6 heteroatoms. The molecule has 1 aliphatic rings. The zero-order chi connectivity index (χ0) is 24.2. The molecular formula is C27H30ClN3O2. The van der Waals surface area contributed by atoms with Gasteiger partial charge < -0.3 is 15.0 Å². The maximum Gasteiger partial charge on any atom is 0.266 e. The highest BCUT2D eigenvalue weighted by atomic mass is 35.5. The Labute approximate surface area is 201 Å². The molecule has 0 aliphatic carbocycles. The van der Waals surface area contributed by atoms with Crippen molar-refractivity contribution in [3.63, 3.8) is 0 Å². The van der Waals surface area contributed by atoms with Crippen molar-refractivity contribution < 1.29 is 9.53 Å². The second kappa shape index (κ2) is 10.1. The molecule has 2 aromatic rings. The number of ether oxygens (including phenoxy) is 1. The molecule has 1 heterocycles. The zero-order valence-corrected chi connectivity index (χ0v) is 20.6. The molecule has 0 bridgehead atoms. The fourth-order valence-electron chi connectivity index (χ4n) is 4.16. The van der Waals surface area contributed by atoms with Crippen LogP contribution in [0.25, 0.3) is 11.6 Å². The van der Waals surface area contributed by atoms with E-state index in [1.807, 2.05) is 25.1 Å². The molecule has 33 heavy (non-hydrogen) atoms. The van der Waals surface area contributed by atoms with E-state index in [1.54, 1.807) is 30.3 Å². The van der Waals surface area contributed by atoms with E-state index in [1.165, 1.54) is 0 Å². The Kier molecular flexibility index (Phi) is 7.50. The van der Waals surface area contributed by atoms with Crippen molar-refractivity contribution in [3.8, 4) is 11.8 Å². The van der Waals surface area contributed by atoms with E-state index in [-0.39, 0.29) is 11.1 Å². The Morgan fingerprint density at radius 1 is 1.24 bits per heavy atom. The van der Waals surface area contributed by atoms with Gasteiger partial charge >= 0.3 is 0 Å². The minimum absolute atomic E-state index is 0.0195. The van der Waals surface area contributed by atoms with Crippen LogP contribution in [0.2, 0.25) is 5.02 Å². The van der Waals surface area contributed by atoms with Crippen LogP contribution >= 0.6 is 11.6 Å². The first kappa shape index (κ1) is 24.4. The molecule has 0 unspecified atom stereocenters. The second-order valence-corrected chi connectivity index (χ2v) is 9.01. The van der Waals surface area contributed by atoms with Crippen LogP contribution in [-0.2, 0) is 4.79 Å². The lowest BCUT2D eigenvalue weighted by atomic mass is 9.87. The number of allylic oxidation sites excluding steroid dienone is 1. The van der Waals surface area contributed by atoms with Crippen LogP contribution in [0.4, 0.5) is 11.4 Å². The van der Waals surface area contributed by atoms with E-state index in [0.717, 1.165) is 35.5 Å². The average molecular weight is 464 g/mol. The second-order valence-electron chi connectivity index (χ2n) is 8.60. The first-order valence-electron chi connectivity index (χ1n) is 11.2. The SMILES string of the molecule is CCCN1c2cc(Cl)c(/C=C(\C#N)C(=O)Nc3ccc(OCC)cc3)cc2C(C)=CC1(C)C. The lowest BCUT2D eigenvalue weighted by Gasteiger charge is -2.43. The molecule has 1 aliphatic heterocycles. The van der Waals surface area contributed by atoms with Crippen molar-refractivity contribution in [2.75, 3.05) is 23.4 Å². The smallest absolute Gasteiger partial charge is 0.266 e. The molecule has 172 valence electrons. The summed E-state index contributed by atoms with van der Waals surface area (Å²) in [6.45, 7) is 12.0. The van der Waals surface area contributed by atoms with E-state index in [4.69, 9.17) is 16.3 Å². The number of rotatable bonds is 7. The van der Waals surface area contributed by atoms with Crippen LogP contribution in [0.5, 0.6) is 5.75 Å². The van der Waals surface area contributed by atoms with E-state index in [2.05, 4.69) is 44.0 Å². The maximum atomic E-state index is 12.7. The maximum absolute atomic E-state index is 12.7. The van der Waals surface area contributed by atoms with Crippen molar-refractivity contribution in [1.29, 1.82) is 5.26 Å². The number of carbonyl (C=O) groups is 1. The van der Waals surface area contributed by atoms with Gasteiger partial charge in [0.25, 0.3) is 5.91 Å². The van der Waals surface area contributed by atoms with Gasteiger partial charge in [-0.1, -0.05) is 24.6 Å². The molecule has 5 nitrogen and oxygen atoms in total. The minimum Gasteiger partial charge on any atom is -0.494 e. The molecule has 1 N–H and O–H groups in total. The van der Waals surface area contributed by atoms with E-state index in [9.17, 15) is 10.1 Å². The number of nitrogens with zero attached hydrogens (tertiary/aromatic N) is 2. The molecule has 0 saturated carbocycles. The Balaban J connectivity index is 1.92. The molecule has 1 amide bonds. The first-order valence-corrected chi connectivity index (χ1v) is 11.5. The quantitative estimate of drug-likeness (QED) is 0.366. The van der Waals surface area contributed by atoms with Gasteiger partial charge in [0.15, 0.2) is 0 Å². The van der Waals surface area contributed by atoms with Gasteiger partial charge in [-0.05, 0) is 87.7 Å². The van der Waals surface area contributed by atoms with Crippen molar-refractivity contribution >= 4 is 40.5 Å². The van der Waals surface area contributed by atoms with Gasteiger partial charge in [-0.3, -0.25) is 4.79 Å². The summed E-state index contributed by atoms with van der Waals surface area (Å²) in [7, 11) is 0. The van der Waals surface area contributed by atoms with Crippen LogP contribution in [0.1, 0.15) is 52.2 Å². The largest absolute Gasteiger partial charge is 0.494 e. The van der Waals surface area contributed by atoms with Crippen LogP contribution in [0.3, 0.4) is 0 Å². The Morgan fingerprint density at radius 2 is 1.94 bits per heavy atom. The van der Waals surface area contributed by atoms with Crippen LogP contribution in [0, 0.1) is 11.3 Å². The number of fused-ring (bicyclic) bond motifs is 1. The number of nitriles is 1. The number of hydrogen-bond donors (Lipinski definition) is 1. The molecule has 3 rings (SSSR count). The van der Waals surface area contributed by atoms with Crippen molar-refractivity contribution in [3.05, 3.63) is 64.2 Å². The number of halogens is 1. The molecule has 2 aromatic carbocycles. The van der Waals surface area contributed by atoms with Gasteiger partial charge in [-0.2, -0.15) is 5.26 Å². The molecule has 0 aromatic heterocycles. The lowest BCUT2D eigenvalue weighted by Crippen LogP contribution is -2.45. The minimum atomic E-state index is -0.489. The average Bonchev–Trinajstić information content (AvgIpc) is 2.76. The van der Waals surface area contributed by atoms with Crippen LogP contribution in [-0.4, -0.2) is 24.6 Å². The lowest BCUT2D eigenvalue weighted by molar-refractivity contribution is -0.112. The predicted molar refractivity (Wildman–Crippen MR) is 137 cm³/mol. The predicted octanol–water partition coefficient (Wildman–Crippen LogP) is 6.70. The third-order valence-electron chi connectivity index (χ3n) is 5.63. The third-order valence-corrected chi connectivity index (χ3v) is 5.96. The third kappa shape index (κ3) is 5.40. The van der Waals surface area contributed by atoms with E-state index < -0.39 is 5.91 Å². The molecule has 0 atom stereocenters. The summed E-state index contributed by atoms with van der Waals surface area (Å²) < 4.78 is 5.42. The first-order chi connectivity index (χ1) is 15.7. The van der Waals surface area contributed by atoms with Crippen LogP contribution in [0.15, 0.2) is 48.0 Å². The molecule has 0 saturated heterocycles. The molecule has 0 spiro atoms. The number of carbonyl (C=O) groups excluding carboxylic acids is 1.